The van der Waals surface area contributed by atoms with Gasteiger partial charge in [0.1, 0.15) is 5.41 Å². The number of carbonyl (C=O) groups excluding carboxylic acids is 2. The van der Waals surface area contributed by atoms with Gasteiger partial charge in [0.15, 0.2) is 0 Å². The molecule has 0 aromatic heterocycles. The lowest BCUT2D eigenvalue weighted by molar-refractivity contribution is -0.179. The van der Waals surface area contributed by atoms with Gasteiger partial charge in [-0.1, -0.05) is 0 Å². The van der Waals surface area contributed by atoms with Crippen LogP contribution >= 0.6 is 0 Å². The molecule has 0 aromatic rings. The van der Waals surface area contributed by atoms with Crippen molar-refractivity contribution in [2.24, 2.45) is 5.41 Å². The highest BCUT2D eigenvalue weighted by Crippen LogP contribution is 2.27. The molecule has 1 N–H and O–H groups in total. The van der Waals surface area contributed by atoms with E-state index in [9.17, 15) is 22.8 Å². The Morgan fingerprint density at radius 3 is 2.00 bits per heavy atom. The smallest absolute Gasteiger partial charge is 0.395 e. The third kappa shape index (κ3) is 2.04. The Morgan fingerprint density at radius 2 is 1.92 bits per heavy atom. The molecule has 1 atom stereocenters. The van der Waals surface area contributed by atoms with Crippen LogP contribution < -0.4 is 0 Å². The normalized spacial score (nSPS) is 16.8. The number of hydrogen-bond donors (Lipinski definition) is 1. The van der Waals surface area contributed by atoms with E-state index < -0.39 is 24.0 Å². The average molecular weight is 183 g/mol. The second-order valence-corrected chi connectivity index (χ2v) is 2.42. The first-order valence-electron chi connectivity index (χ1n) is 2.89. The van der Waals surface area contributed by atoms with E-state index in [2.05, 4.69) is 0 Å². The number of ketones is 1. The van der Waals surface area contributed by atoms with E-state index in [0.717, 1.165) is 6.29 Å². The molecular weight excluding hydrogens is 177 g/mol. The molecule has 3 nitrogen and oxygen atoms in total. The van der Waals surface area contributed by atoms with E-state index in [1.54, 1.807) is 0 Å². The molecule has 12 heavy (non-hydrogen) atoms. The molecule has 0 amide bonds. The molecule has 0 aliphatic heterocycles. The molecule has 69 valence electrons. The first kappa shape index (κ1) is 11.1. The second kappa shape index (κ2) is 3.22. The maximum Gasteiger partial charge on any atom is 0.451 e. The van der Waals surface area contributed by atoms with Crippen LogP contribution in [-0.2, 0) is 9.59 Å². The standard InChI is InChI=1S/C6H6F3O3/c1-5(2-10,3-11)4(12)6(7,8)9/h10H,2H2,1H3/t5-/m1/s1. The highest BCUT2D eigenvalue weighted by molar-refractivity contribution is 6.01. The van der Waals surface area contributed by atoms with Gasteiger partial charge in [-0.25, -0.2) is 0 Å². The molecule has 0 saturated carbocycles. The van der Waals surface area contributed by atoms with Gasteiger partial charge in [-0.05, 0) is 6.92 Å². The number of hydrogen-bond acceptors (Lipinski definition) is 3. The number of halogens is 3. The van der Waals surface area contributed by atoms with Crippen molar-refractivity contribution in [2.75, 3.05) is 6.61 Å². The van der Waals surface area contributed by atoms with Crippen molar-refractivity contribution in [3.63, 3.8) is 0 Å². The molecule has 0 aliphatic carbocycles. The van der Waals surface area contributed by atoms with Gasteiger partial charge in [0.2, 0.25) is 6.29 Å². The average Bonchev–Trinajstić information content (AvgIpc) is 2.00. The van der Waals surface area contributed by atoms with Crippen molar-refractivity contribution in [3.8, 4) is 0 Å². The zero-order valence-electron chi connectivity index (χ0n) is 6.10. The molecule has 6 heteroatoms. The monoisotopic (exact) mass is 183 g/mol. The van der Waals surface area contributed by atoms with E-state index in [-0.39, 0.29) is 0 Å². The van der Waals surface area contributed by atoms with E-state index in [1.807, 2.05) is 0 Å². The minimum absolute atomic E-state index is 0.676. The largest absolute Gasteiger partial charge is 0.451 e. The maximum atomic E-state index is 11.7. The zero-order chi connectivity index (χ0) is 9.99. The molecule has 0 rings (SSSR count). The summed E-state index contributed by atoms with van der Waals surface area (Å²) in [6, 6.07) is 0. The lowest BCUT2D eigenvalue weighted by atomic mass is 9.88. The van der Waals surface area contributed by atoms with Crippen molar-refractivity contribution in [3.05, 3.63) is 0 Å². The Bertz CT molecular complexity index is 199. The van der Waals surface area contributed by atoms with Crippen LogP contribution in [0.1, 0.15) is 6.92 Å². The highest BCUT2D eigenvalue weighted by Gasteiger charge is 2.50. The number of Topliss-reactive ketones (excluding diaryl/α,β-unsaturated/α-hetero) is 1. The molecule has 0 aromatic carbocycles. The van der Waals surface area contributed by atoms with E-state index >= 15 is 0 Å². The van der Waals surface area contributed by atoms with Gasteiger partial charge in [-0.3, -0.25) is 9.59 Å². The van der Waals surface area contributed by atoms with Crippen molar-refractivity contribution < 1.29 is 27.9 Å². The van der Waals surface area contributed by atoms with Crippen molar-refractivity contribution in [1.82, 2.24) is 0 Å². The molecule has 0 saturated heterocycles. The molecule has 0 heterocycles. The predicted octanol–water partition coefficient (Wildman–Crippen LogP) is 0.226. The predicted molar refractivity (Wildman–Crippen MR) is 31.9 cm³/mol. The Labute approximate surface area is 66.2 Å². The van der Waals surface area contributed by atoms with Gasteiger partial charge in [0.05, 0.1) is 6.61 Å². The minimum atomic E-state index is -5.12. The van der Waals surface area contributed by atoms with Gasteiger partial charge < -0.3 is 5.11 Å². The van der Waals surface area contributed by atoms with Crippen LogP contribution in [0.4, 0.5) is 13.2 Å². The third-order valence-corrected chi connectivity index (χ3v) is 1.30. The van der Waals surface area contributed by atoms with Crippen LogP contribution in [-0.4, -0.2) is 30.0 Å². The quantitative estimate of drug-likeness (QED) is 0.637. The third-order valence-electron chi connectivity index (χ3n) is 1.30. The Hall–Kier alpha value is -0.910. The van der Waals surface area contributed by atoms with Gasteiger partial charge in [0.25, 0.3) is 5.78 Å². The molecule has 0 aliphatic rings. The Morgan fingerprint density at radius 1 is 1.50 bits per heavy atom. The zero-order valence-corrected chi connectivity index (χ0v) is 6.10. The lowest BCUT2D eigenvalue weighted by Crippen LogP contribution is -2.42. The summed E-state index contributed by atoms with van der Waals surface area (Å²) in [5, 5.41) is 8.34. The van der Waals surface area contributed by atoms with Crippen molar-refractivity contribution >= 4 is 12.1 Å². The number of rotatable bonds is 3. The molecule has 0 fully saturated rings. The fraction of sp³-hybridized carbons (Fsp3) is 0.667. The summed E-state index contributed by atoms with van der Waals surface area (Å²) < 4.78 is 35.0. The second-order valence-electron chi connectivity index (χ2n) is 2.42. The maximum absolute atomic E-state index is 11.7. The number of aliphatic hydroxyl groups is 1. The summed E-state index contributed by atoms with van der Waals surface area (Å²) in [6.45, 7) is -0.523. The lowest BCUT2D eigenvalue weighted by Gasteiger charge is -2.18. The van der Waals surface area contributed by atoms with Crippen molar-refractivity contribution in [1.29, 1.82) is 0 Å². The van der Waals surface area contributed by atoms with Crippen LogP contribution in [0, 0.1) is 5.41 Å². The molecule has 0 unspecified atom stereocenters. The number of alkyl halides is 3. The van der Waals surface area contributed by atoms with Gasteiger partial charge in [-0.15, -0.1) is 0 Å². The fourth-order valence-corrected chi connectivity index (χ4v) is 0.463. The van der Waals surface area contributed by atoms with Crippen LogP contribution in [0.25, 0.3) is 0 Å². The Balaban J connectivity index is 4.78. The van der Waals surface area contributed by atoms with Crippen LogP contribution in [0.3, 0.4) is 0 Å². The molecule has 0 spiro atoms. The van der Waals surface area contributed by atoms with Gasteiger partial charge >= 0.3 is 6.18 Å². The summed E-state index contributed by atoms with van der Waals surface area (Å²) in [4.78, 5) is 20.3. The summed E-state index contributed by atoms with van der Waals surface area (Å²) in [6.07, 6.45) is -4.25. The number of carbonyl (C=O) groups is 1. The first-order valence-corrected chi connectivity index (χ1v) is 2.89. The SMILES string of the molecule is C[C@]([C]=O)(CO)C(=O)C(F)(F)F. The molecular formula is C6H6F3O3. The van der Waals surface area contributed by atoms with Crippen LogP contribution in [0.5, 0.6) is 0 Å². The van der Waals surface area contributed by atoms with Gasteiger partial charge in [0, 0.05) is 0 Å². The summed E-state index contributed by atoms with van der Waals surface area (Å²) >= 11 is 0. The van der Waals surface area contributed by atoms with Crippen molar-refractivity contribution in [2.45, 2.75) is 13.1 Å². The first-order chi connectivity index (χ1) is 5.28. The fourth-order valence-electron chi connectivity index (χ4n) is 0.463. The van der Waals surface area contributed by atoms with E-state index in [0.29, 0.717) is 6.92 Å². The topological polar surface area (TPSA) is 54.4 Å². The molecule has 0 bridgehead atoms. The summed E-state index contributed by atoms with van der Waals surface area (Å²) in [7, 11) is 0. The summed E-state index contributed by atoms with van der Waals surface area (Å²) in [5.41, 5.74) is -2.49. The van der Waals surface area contributed by atoms with E-state index in [4.69, 9.17) is 5.11 Å². The van der Waals surface area contributed by atoms with E-state index in [1.165, 1.54) is 0 Å². The van der Waals surface area contributed by atoms with Crippen LogP contribution in [0.2, 0.25) is 0 Å². The molecule has 1 radical (unpaired) electrons. The Kier molecular flexibility index (Phi) is 2.98. The van der Waals surface area contributed by atoms with Crippen LogP contribution in [0.15, 0.2) is 0 Å². The summed E-state index contributed by atoms with van der Waals surface area (Å²) in [5.74, 6) is -2.28. The number of aliphatic hydroxyl groups excluding tert-OH is 1. The van der Waals surface area contributed by atoms with Gasteiger partial charge in [-0.2, -0.15) is 13.2 Å². The minimum Gasteiger partial charge on any atom is -0.395 e. The highest BCUT2D eigenvalue weighted by atomic mass is 19.4.